The maximum absolute atomic E-state index is 12.5. The first kappa shape index (κ1) is 14.5. The van der Waals surface area contributed by atoms with Crippen LogP contribution in [-0.2, 0) is 0 Å². The quantitative estimate of drug-likeness (QED) is 0.847. The SMILES string of the molecule is Cc1ccnc2c1NC(=O)c1cccnc1N2CCCCO. The number of hydrogen-bond donors (Lipinski definition) is 2. The predicted molar refractivity (Wildman–Crippen MR) is 84.5 cm³/mol. The van der Waals surface area contributed by atoms with E-state index in [9.17, 15) is 4.79 Å². The lowest BCUT2D eigenvalue weighted by Crippen LogP contribution is -2.22. The number of unbranched alkanes of at least 4 members (excludes halogenated alkanes) is 1. The molecule has 2 aromatic heterocycles. The third kappa shape index (κ3) is 2.53. The summed E-state index contributed by atoms with van der Waals surface area (Å²) in [5, 5.41) is 11.9. The Morgan fingerprint density at radius 2 is 2.00 bits per heavy atom. The lowest BCUT2D eigenvalue weighted by molar-refractivity contribution is 0.102. The van der Waals surface area contributed by atoms with Gasteiger partial charge in [0.25, 0.3) is 5.91 Å². The van der Waals surface area contributed by atoms with Gasteiger partial charge in [-0.3, -0.25) is 4.79 Å². The molecule has 6 nitrogen and oxygen atoms in total. The number of aryl methyl sites for hydroxylation is 1. The van der Waals surface area contributed by atoms with Crippen molar-refractivity contribution in [3.8, 4) is 0 Å². The fourth-order valence-electron chi connectivity index (χ4n) is 2.57. The van der Waals surface area contributed by atoms with Crippen molar-refractivity contribution in [2.45, 2.75) is 19.8 Å². The molecule has 6 heteroatoms. The molecule has 3 rings (SSSR count). The summed E-state index contributed by atoms with van der Waals surface area (Å²) >= 11 is 0. The van der Waals surface area contributed by atoms with Crippen LogP contribution in [0.15, 0.2) is 30.6 Å². The van der Waals surface area contributed by atoms with Crippen LogP contribution in [-0.4, -0.2) is 34.1 Å². The summed E-state index contributed by atoms with van der Waals surface area (Å²) in [6.07, 6.45) is 4.89. The highest BCUT2D eigenvalue weighted by Gasteiger charge is 2.27. The lowest BCUT2D eigenvalue weighted by atomic mass is 10.2. The van der Waals surface area contributed by atoms with E-state index in [1.54, 1.807) is 24.5 Å². The number of aliphatic hydroxyl groups is 1. The van der Waals surface area contributed by atoms with Gasteiger partial charge in [0.2, 0.25) is 0 Å². The topological polar surface area (TPSA) is 78.4 Å². The summed E-state index contributed by atoms with van der Waals surface area (Å²) in [5.41, 5.74) is 2.21. The van der Waals surface area contributed by atoms with Crippen LogP contribution in [0.3, 0.4) is 0 Å². The van der Waals surface area contributed by atoms with E-state index in [4.69, 9.17) is 5.11 Å². The van der Waals surface area contributed by atoms with Gasteiger partial charge in [0.1, 0.15) is 5.82 Å². The molecular formula is C16H18N4O2. The molecule has 2 aromatic rings. The number of aliphatic hydroxyl groups excluding tert-OH is 1. The number of nitrogens with one attached hydrogen (secondary N) is 1. The second-order valence-electron chi connectivity index (χ2n) is 5.24. The molecule has 0 radical (unpaired) electrons. The van der Waals surface area contributed by atoms with Crippen molar-refractivity contribution >= 4 is 23.2 Å². The minimum absolute atomic E-state index is 0.147. The van der Waals surface area contributed by atoms with E-state index >= 15 is 0 Å². The Morgan fingerprint density at radius 3 is 2.82 bits per heavy atom. The highest BCUT2D eigenvalue weighted by molar-refractivity contribution is 6.11. The Morgan fingerprint density at radius 1 is 1.18 bits per heavy atom. The molecular weight excluding hydrogens is 280 g/mol. The van der Waals surface area contributed by atoms with E-state index in [1.165, 1.54) is 0 Å². The molecule has 0 fully saturated rings. The monoisotopic (exact) mass is 298 g/mol. The van der Waals surface area contributed by atoms with Crippen molar-refractivity contribution in [2.24, 2.45) is 0 Å². The first-order chi connectivity index (χ1) is 10.7. The van der Waals surface area contributed by atoms with Crippen LogP contribution in [0.2, 0.25) is 0 Å². The number of amides is 1. The number of rotatable bonds is 4. The van der Waals surface area contributed by atoms with Crippen LogP contribution < -0.4 is 10.2 Å². The largest absolute Gasteiger partial charge is 0.396 e. The van der Waals surface area contributed by atoms with Crippen molar-refractivity contribution in [3.05, 3.63) is 41.7 Å². The number of fused-ring (bicyclic) bond motifs is 2. The Balaban J connectivity index is 2.11. The van der Waals surface area contributed by atoms with Gasteiger partial charge in [-0.05, 0) is 43.5 Å². The lowest BCUT2D eigenvalue weighted by Gasteiger charge is -2.23. The van der Waals surface area contributed by atoms with Crippen molar-refractivity contribution in [1.29, 1.82) is 0 Å². The molecule has 22 heavy (non-hydrogen) atoms. The first-order valence-electron chi connectivity index (χ1n) is 7.32. The number of aromatic nitrogens is 2. The summed E-state index contributed by atoms with van der Waals surface area (Å²) in [5.74, 6) is 1.13. The summed E-state index contributed by atoms with van der Waals surface area (Å²) in [6, 6.07) is 5.38. The van der Waals surface area contributed by atoms with E-state index in [0.717, 1.165) is 17.7 Å². The zero-order valence-electron chi connectivity index (χ0n) is 12.4. The van der Waals surface area contributed by atoms with Crippen molar-refractivity contribution < 1.29 is 9.90 Å². The van der Waals surface area contributed by atoms with Crippen LogP contribution in [0.5, 0.6) is 0 Å². The van der Waals surface area contributed by atoms with E-state index in [-0.39, 0.29) is 12.5 Å². The van der Waals surface area contributed by atoms with Gasteiger partial charge in [-0.15, -0.1) is 0 Å². The number of hydrogen-bond acceptors (Lipinski definition) is 5. The van der Waals surface area contributed by atoms with Crippen LogP contribution in [0, 0.1) is 6.92 Å². The zero-order chi connectivity index (χ0) is 15.5. The molecule has 1 amide bonds. The molecule has 0 aliphatic carbocycles. The molecule has 0 unspecified atom stereocenters. The third-order valence-corrected chi connectivity index (χ3v) is 3.71. The van der Waals surface area contributed by atoms with Gasteiger partial charge >= 0.3 is 0 Å². The van der Waals surface area contributed by atoms with Gasteiger partial charge < -0.3 is 15.3 Å². The van der Waals surface area contributed by atoms with Crippen LogP contribution in [0.1, 0.15) is 28.8 Å². The molecule has 2 N–H and O–H groups in total. The second kappa shape index (κ2) is 6.11. The molecule has 114 valence electrons. The highest BCUT2D eigenvalue weighted by Crippen LogP contribution is 2.36. The molecule has 0 aromatic carbocycles. The first-order valence-corrected chi connectivity index (χ1v) is 7.32. The normalized spacial score (nSPS) is 13.2. The van der Waals surface area contributed by atoms with Crippen LogP contribution >= 0.6 is 0 Å². The highest BCUT2D eigenvalue weighted by atomic mass is 16.2. The fourth-order valence-corrected chi connectivity index (χ4v) is 2.57. The zero-order valence-corrected chi connectivity index (χ0v) is 12.4. The standard InChI is InChI=1S/C16H18N4O2/c1-11-6-8-18-15-13(11)19-16(22)12-5-4-7-17-14(12)20(15)9-2-3-10-21/h4-8,21H,2-3,9-10H2,1H3,(H,19,22). The van der Waals surface area contributed by atoms with Crippen LogP contribution in [0.4, 0.5) is 17.3 Å². The van der Waals surface area contributed by atoms with Gasteiger partial charge in [0.15, 0.2) is 5.82 Å². The molecule has 1 aliphatic heterocycles. The summed E-state index contributed by atoms with van der Waals surface area (Å²) in [4.78, 5) is 23.2. The number of carbonyl (C=O) groups excluding carboxylic acids is 1. The van der Waals surface area contributed by atoms with Crippen molar-refractivity contribution in [2.75, 3.05) is 23.4 Å². The maximum atomic E-state index is 12.5. The molecule has 0 saturated heterocycles. The summed E-state index contributed by atoms with van der Waals surface area (Å²) < 4.78 is 0. The van der Waals surface area contributed by atoms with Gasteiger partial charge in [0.05, 0.1) is 11.3 Å². The second-order valence-corrected chi connectivity index (χ2v) is 5.24. The molecule has 0 atom stereocenters. The Bertz CT molecular complexity index is 702. The maximum Gasteiger partial charge on any atom is 0.259 e. The number of nitrogens with zero attached hydrogens (tertiary/aromatic N) is 3. The van der Waals surface area contributed by atoms with E-state index in [2.05, 4.69) is 15.3 Å². The van der Waals surface area contributed by atoms with Crippen molar-refractivity contribution in [3.63, 3.8) is 0 Å². The van der Waals surface area contributed by atoms with E-state index < -0.39 is 0 Å². The van der Waals surface area contributed by atoms with Gasteiger partial charge in [-0.1, -0.05) is 0 Å². The van der Waals surface area contributed by atoms with Crippen molar-refractivity contribution in [1.82, 2.24) is 9.97 Å². The Labute approximate surface area is 128 Å². The van der Waals surface area contributed by atoms with Crippen LogP contribution in [0.25, 0.3) is 0 Å². The van der Waals surface area contributed by atoms with E-state index in [1.807, 2.05) is 17.9 Å². The molecule has 3 heterocycles. The Hall–Kier alpha value is -2.47. The molecule has 0 bridgehead atoms. The number of pyridine rings is 2. The fraction of sp³-hybridized carbons (Fsp3) is 0.312. The number of anilines is 3. The van der Waals surface area contributed by atoms with Gasteiger partial charge in [-0.25, -0.2) is 9.97 Å². The predicted octanol–water partition coefficient (Wildman–Crippen LogP) is 2.26. The van der Waals surface area contributed by atoms with Gasteiger partial charge in [-0.2, -0.15) is 0 Å². The molecule has 0 spiro atoms. The summed E-state index contributed by atoms with van der Waals surface area (Å²) in [6.45, 7) is 2.73. The smallest absolute Gasteiger partial charge is 0.259 e. The summed E-state index contributed by atoms with van der Waals surface area (Å²) in [7, 11) is 0. The Kier molecular flexibility index (Phi) is 4.02. The van der Waals surface area contributed by atoms with E-state index in [0.29, 0.717) is 30.2 Å². The van der Waals surface area contributed by atoms with Gasteiger partial charge in [0, 0.05) is 25.5 Å². The molecule has 1 aliphatic rings. The molecule has 0 saturated carbocycles. The minimum Gasteiger partial charge on any atom is -0.396 e. The number of carbonyl (C=O) groups is 1. The average Bonchev–Trinajstić information content (AvgIpc) is 2.65. The minimum atomic E-state index is -0.176. The average molecular weight is 298 g/mol. The third-order valence-electron chi connectivity index (χ3n) is 3.71.